The van der Waals surface area contributed by atoms with E-state index in [1.54, 1.807) is 0 Å². The SMILES string of the molecule is NC(=O)[C@H]1CCCC[C@H]1Nc1nccc(C(F)(F)F)n1. The Balaban J connectivity index is 2.14. The van der Waals surface area contributed by atoms with Crippen LogP contribution in [-0.2, 0) is 11.0 Å². The number of hydrogen-bond donors (Lipinski definition) is 2. The van der Waals surface area contributed by atoms with E-state index in [0.717, 1.165) is 25.1 Å². The van der Waals surface area contributed by atoms with Gasteiger partial charge in [0.05, 0.1) is 5.92 Å². The summed E-state index contributed by atoms with van der Waals surface area (Å²) < 4.78 is 37.7. The van der Waals surface area contributed by atoms with E-state index in [-0.39, 0.29) is 12.0 Å². The van der Waals surface area contributed by atoms with Gasteiger partial charge in [0, 0.05) is 12.2 Å². The van der Waals surface area contributed by atoms with Crippen molar-refractivity contribution >= 4 is 11.9 Å². The third-order valence-electron chi connectivity index (χ3n) is 3.39. The maximum absolute atomic E-state index is 12.6. The quantitative estimate of drug-likeness (QED) is 0.890. The first-order valence-electron chi connectivity index (χ1n) is 6.34. The minimum absolute atomic E-state index is 0.127. The van der Waals surface area contributed by atoms with Crippen LogP contribution in [0.25, 0.3) is 0 Å². The second-order valence-electron chi connectivity index (χ2n) is 4.81. The molecule has 0 aromatic carbocycles. The zero-order valence-corrected chi connectivity index (χ0v) is 10.7. The predicted octanol–water partition coefficient (Wildman–Crippen LogP) is 1.95. The minimum atomic E-state index is -4.52. The molecule has 1 fully saturated rings. The number of carbonyl (C=O) groups is 1. The zero-order valence-electron chi connectivity index (χ0n) is 10.7. The molecule has 2 rings (SSSR count). The molecule has 20 heavy (non-hydrogen) atoms. The highest BCUT2D eigenvalue weighted by Crippen LogP contribution is 2.29. The van der Waals surface area contributed by atoms with E-state index in [9.17, 15) is 18.0 Å². The van der Waals surface area contributed by atoms with Gasteiger partial charge in [-0.15, -0.1) is 0 Å². The van der Waals surface area contributed by atoms with Crippen LogP contribution in [0.1, 0.15) is 31.4 Å². The highest BCUT2D eigenvalue weighted by molar-refractivity contribution is 5.78. The molecule has 0 saturated heterocycles. The predicted molar refractivity (Wildman–Crippen MR) is 65.6 cm³/mol. The number of nitrogens with one attached hydrogen (secondary N) is 1. The average molecular weight is 288 g/mol. The molecule has 0 radical (unpaired) electrons. The molecule has 3 N–H and O–H groups in total. The second kappa shape index (κ2) is 5.64. The molecule has 8 heteroatoms. The summed E-state index contributed by atoms with van der Waals surface area (Å²) >= 11 is 0. The first-order chi connectivity index (χ1) is 9.38. The highest BCUT2D eigenvalue weighted by Gasteiger charge is 2.34. The van der Waals surface area contributed by atoms with Crippen LogP contribution < -0.4 is 11.1 Å². The molecule has 0 spiro atoms. The van der Waals surface area contributed by atoms with Crippen molar-refractivity contribution in [1.82, 2.24) is 9.97 Å². The standard InChI is InChI=1S/C12H15F3N4O/c13-12(14,15)9-5-6-17-11(19-9)18-8-4-2-1-3-7(8)10(16)20/h5-8H,1-4H2,(H2,16,20)(H,17,18,19)/t7-,8+/m0/s1. The summed E-state index contributed by atoms with van der Waals surface area (Å²) in [5.41, 5.74) is 4.30. The summed E-state index contributed by atoms with van der Waals surface area (Å²) in [7, 11) is 0. The van der Waals surface area contributed by atoms with Crippen LogP contribution in [0, 0.1) is 5.92 Å². The summed E-state index contributed by atoms with van der Waals surface area (Å²) in [6.07, 6.45) is -0.413. The smallest absolute Gasteiger partial charge is 0.369 e. The molecule has 1 amide bonds. The van der Waals surface area contributed by atoms with Gasteiger partial charge in [-0.3, -0.25) is 4.79 Å². The molecule has 2 atom stereocenters. The Morgan fingerprint density at radius 1 is 1.35 bits per heavy atom. The molecule has 0 bridgehead atoms. The summed E-state index contributed by atoms with van der Waals surface area (Å²) in [6.45, 7) is 0. The van der Waals surface area contributed by atoms with Crippen molar-refractivity contribution in [2.75, 3.05) is 5.32 Å². The maximum atomic E-state index is 12.6. The van der Waals surface area contributed by atoms with Crippen molar-refractivity contribution in [3.05, 3.63) is 18.0 Å². The number of hydrogen-bond acceptors (Lipinski definition) is 4. The Bertz CT molecular complexity index is 492. The van der Waals surface area contributed by atoms with Gasteiger partial charge in [0.1, 0.15) is 5.69 Å². The lowest BCUT2D eigenvalue weighted by Gasteiger charge is -2.29. The third kappa shape index (κ3) is 3.37. The normalized spacial score (nSPS) is 23.4. The van der Waals surface area contributed by atoms with Crippen molar-refractivity contribution in [2.45, 2.75) is 37.9 Å². The molecule has 1 aromatic heterocycles. The molecule has 1 aliphatic carbocycles. The summed E-state index contributed by atoms with van der Waals surface area (Å²) in [6, 6.07) is 0.488. The van der Waals surface area contributed by atoms with Gasteiger partial charge < -0.3 is 11.1 Å². The van der Waals surface area contributed by atoms with Crippen molar-refractivity contribution in [2.24, 2.45) is 11.7 Å². The number of primary amides is 1. The summed E-state index contributed by atoms with van der Waals surface area (Å²) in [5, 5.41) is 2.80. The lowest BCUT2D eigenvalue weighted by Crippen LogP contribution is -2.41. The third-order valence-corrected chi connectivity index (χ3v) is 3.39. The molecule has 0 aliphatic heterocycles. The van der Waals surface area contributed by atoms with Crippen LogP contribution in [0.2, 0.25) is 0 Å². The Morgan fingerprint density at radius 2 is 2.05 bits per heavy atom. The number of anilines is 1. The number of halogens is 3. The van der Waals surface area contributed by atoms with E-state index in [1.165, 1.54) is 0 Å². The molecule has 110 valence electrons. The van der Waals surface area contributed by atoms with Gasteiger partial charge in [-0.1, -0.05) is 12.8 Å². The fourth-order valence-electron chi connectivity index (χ4n) is 2.40. The van der Waals surface area contributed by atoms with Gasteiger partial charge in [0.15, 0.2) is 0 Å². The van der Waals surface area contributed by atoms with Crippen LogP contribution in [0.4, 0.5) is 19.1 Å². The number of aromatic nitrogens is 2. The first-order valence-corrected chi connectivity index (χ1v) is 6.34. The van der Waals surface area contributed by atoms with Gasteiger partial charge >= 0.3 is 6.18 Å². The van der Waals surface area contributed by atoms with Gasteiger partial charge in [-0.05, 0) is 18.9 Å². The van der Waals surface area contributed by atoms with E-state index in [0.29, 0.717) is 12.8 Å². The summed E-state index contributed by atoms with van der Waals surface area (Å²) in [5.74, 6) is -0.978. The van der Waals surface area contributed by atoms with E-state index in [1.807, 2.05) is 0 Å². The molecule has 1 heterocycles. The number of alkyl halides is 3. The molecule has 1 aliphatic rings. The number of rotatable bonds is 3. The van der Waals surface area contributed by atoms with Gasteiger partial charge in [0.2, 0.25) is 11.9 Å². The van der Waals surface area contributed by atoms with Crippen LogP contribution in [-0.4, -0.2) is 21.9 Å². The van der Waals surface area contributed by atoms with E-state index >= 15 is 0 Å². The fourth-order valence-corrected chi connectivity index (χ4v) is 2.40. The molecule has 0 unspecified atom stereocenters. The number of nitrogens with two attached hydrogens (primary N) is 1. The highest BCUT2D eigenvalue weighted by atomic mass is 19.4. The van der Waals surface area contributed by atoms with Crippen molar-refractivity contribution in [3.63, 3.8) is 0 Å². The van der Waals surface area contributed by atoms with Crippen LogP contribution >= 0.6 is 0 Å². The lowest BCUT2D eigenvalue weighted by molar-refractivity contribution is -0.141. The molecular weight excluding hydrogens is 273 g/mol. The van der Waals surface area contributed by atoms with Gasteiger partial charge in [0.25, 0.3) is 0 Å². The van der Waals surface area contributed by atoms with Gasteiger partial charge in [-0.2, -0.15) is 13.2 Å². The first kappa shape index (κ1) is 14.5. The van der Waals surface area contributed by atoms with Crippen molar-refractivity contribution in [3.8, 4) is 0 Å². The molecule has 5 nitrogen and oxygen atoms in total. The number of amides is 1. The largest absolute Gasteiger partial charge is 0.433 e. The van der Waals surface area contributed by atoms with Gasteiger partial charge in [-0.25, -0.2) is 9.97 Å². The zero-order chi connectivity index (χ0) is 14.8. The van der Waals surface area contributed by atoms with E-state index < -0.39 is 23.7 Å². The Hall–Kier alpha value is -1.86. The number of carbonyl (C=O) groups excluding carboxylic acids is 1. The van der Waals surface area contributed by atoms with E-state index in [2.05, 4.69) is 15.3 Å². The Labute approximate surface area is 113 Å². The van der Waals surface area contributed by atoms with Crippen molar-refractivity contribution in [1.29, 1.82) is 0 Å². The van der Waals surface area contributed by atoms with Crippen LogP contribution in [0.15, 0.2) is 12.3 Å². The maximum Gasteiger partial charge on any atom is 0.433 e. The lowest BCUT2D eigenvalue weighted by atomic mass is 9.84. The average Bonchev–Trinajstić information content (AvgIpc) is 2.38. The molecular formula is C12H15F3N4O. The summed E-state index contributed by atoms with van der Waals surface area (Å²) in [4.78, 5) is 18.5. The Kier molecular flexibility index (Phi) is 4.10. The number of nitrogens with zero attached hydrogens (tertiary/aromatic N) is 2. The van der Waals surface area contributed by atoms with Crippen LogP contribution in [0.5, 0.6) is 0 Å². The minimum Gasteiger partial charge on any atom is -0.369 e. The molecule has 1 saturated carbocycles. The van der Waals surface area contributed by atoms with Crippen molar-refractivity contribution < 1.29 is 18.0 Å². The molecule has 1 aromatic rings. The topological polar surface area (TPSA) is 80.9 Å². The monoisotopic (exact) mass is 288 g/mol. The fraction of sp³-hybridized carbons (Fsp3) is 0.583. The second-order valence-corrected chi connectivity index (χ2v) is 4.81. The van der Waals surface area contributed by atoms with E-state index in [4.69, 9.17) is 5.73 Å². The Morgan fingerprint density at radius 3 is 2.70 bits per heavy atom. The van der Waals surface area contributed by atoms with Crippen LogP contribution in [0.3, 0.4) is 0 Å².